The van der Waals surface area contributed by atoms with Crippen LogP contribution >= 0.6 is 11.3 Å². The summed E-state index contributed by atoms with van der Waals surface area (Å²) in [4.78, 5) is 32.0. The molecule has 0 saturated heterocycles. The van der Waals surface area contributed by atoms with Crippen LogP contribution in [0.4, 0.5) is 4.39 Å². The van der Waals surface area contributed by atoms with Gasteiger partial charge in [-0.2, -0.15) is 0 Å². The van der Waals surface area contributed by atoms with Gasteiger partial charge < -0.3 is 10.7 Å². The van der Waals surface area contributed by atoms with Gasteiger partial charge in [-0.3, -0.25) is 9.78 Å². The van der Waals surface area contributed by atoms with E-state index in [9.17, 15) is 9.59 Å². The van der Waals surface area contributed by atoms with E-state index in [-0.39, 0.29) is 23.2 Å². The molecule has 0 spiro atoms. The van der Waals surface area contributed by atoms with E-state index in [2.05, 4.69) is 16.0 Å². The zero-order valence-corrected chi connectivity index (χ0v) is 17.5. The van der Waals surface area contributed by atoms with Crippen molar-refractivity contribution in [1.29, 1.82) is 0 Å². The van der Waals surface area contributed by atoms with Gasteiger partial charge in [-0.1, -0.05) is 6.92 Å². The number of allylic oxidation sites excluding steroid dienone is 2. The maximum Gasteiger partial charge on any atom is 0.325 e. The first-order valence-electron chi connectivity index (χ1n) is 10.4. The van der Waals surface area contributed by atoms with Crippen molar-refractivity contribution in [3.8, 4) is 0 Å². The minimum atomic E-state index is -0.798. The zero-order valence-electron chi connectivity index (χ0n) is 16.7. The quantitative estimate of drug-likeness (QED) is 0.718. The van der Waals surface area contributed by atoms with Gasteiger partial charge in [0.25, 0.3) is 5.56 Å². The second kappa shape index (κ2) is 6.51. The van der Waals surface area contributed by atoms with Crippen molar-refractivity contribution in [1.82, 2.24) is 9.97 Å². The van der Waals surface area contributed by atoms with E-state index in [1.807, 2.05) is 6.92 Å². The summed E-state index contributed by atoms with van der Waals surface area (Å²) in [7, 11) is 0. The fourth-order valence-corrected chi connectivity index (χ4v) is 7.20. The van der Waals surface area contributed by atoms with Gasteiger partial charge in [0, 0.05) is 21.4 Å². The predicted octanol–water partition coefficient (Wildman–Crippen LogP) is 3.35. The highest BCUT2D eigenvalue weighted by Gasteiger charge is 2.58. The van der Waals surface area contributed by atoms with E-state index in [0.717, 1.165) is 37.0 Å². The second-order valence-corrected chi connectivity index (χ2v) is 10.0. The molecule has 2 aromatic heterocycles. The fraction of sp³-hybridized carbons (Fsp3) is 0.545. The van der Waals surface area contributed by atoms with Gasteiger partial charge in [0.1, 0.15) is 5.83 Å². The van der Waals surface area contributed by atoms with E-state index in [4.69, 9.17) is 5.73 Å². The molecule has 1 fully saturated rings. The Morgan fingerprint density at radius 1 is 1.28 bits per heavy atom. The summed E-state index contributed by atoms with van der Waals surface area (Å²) in [5, 5.41) is 0. The van der Waals surface area contributed by atoms with Crippen LogP contribution in [0.15, 0.2) is 21.5 Å². The molecule has 2 heterocycles. The lowest BCUT2D eigenvalue weighted by atomic mass is 9.63. The third-order valence-corrected chi connectivity index (χ3v) is 8.69. The maximum atomic E-state index is 16.2. The van der Waals surface area contributed by atoms with E-state index in [0.29, 0.717) is 23.7 Å². The molecule has 1 saturated carbocycles. The van der Waals surface area contributed by atoms with Crippen molar-refractivity contribution in [2.45, 2.75) is 57.3 Å². The Kier molecular flexibility index (Phi) is 4.26. The molecule has 0 bridgehead atoms. The number of aromatic amines is 2. The molecule has 0 amide bonds. The summed E-state index contributed by atoms with van der Waals surface area (Å²) in [6.45, 7) is 4.31. The Labute approximate surface area is 172 Å². The van der Waals surface area contributed by atoms with E-state index < -0.39 is 16.7 Å². The molecule has 0 radical (unpaired) electrons. The van der Waals surface area contributed by atoms with Crippen LogP contribution < -0.4 is 17.0 Å². The van der Waals surface area contributed by atoms with Crippen LogP contribution in [0.2, 0.25) is 0 Å². The van der Waals surface area contributed by atoms with Crippen LogP contribution in [0.3, 0.4) is 0 Å². The third kappa shape index (κ3) is 2.60. The lowest BCUT2D eigenvalue weighted by Gasteiger charge is -2.42. The van der Waals surface area contributed by atoms with Crippen LogP contribution in [-0.2, 0) is 18.3 Å². The van der Waals surface area contributed by atoms with Crippen molar-refractivity contribution in [2.75, 3.05) is 6.54 Å². The van der Waals surface area contributed by atoms with Crippen molar-refractivity contribution < 1.29 is 4.39 Å². The summed E-state index contributed by atoms with van der Waals surface area (Å²) in [5.74, 6) is 0.165. The minimum absolute atomic E-state index is 0.189. The summed E-state index contributed by atoms with van der Waals surface area (Å²) < 4.78 is 16.2. The molecular formula is C22H26FN3O2S. The monoisotopic (exact) mass is 415 g/mol. The van der Waals surface area contributed by atoms with Gasteiger partial charge in [-0.25, -0.2) is 9.18 Å². The topological polar surface area (TPSA) is 91.7 Å². The number of hydrogen-bond donors (Lipinski definition) is 3. The van der Waals surface area contributed by atoms with Crippen LogP contribution in [0.1, 0.15) is 65.6 Å². The molecule has 3 atom stereocenters. The molecule has 0 aromatic carbocycles. The van der Waals surface area contributed by atoms with Crippen molar-refractivity contribution >= 4 is 16.9 Å². The van der Waals surface area contributed by atoms with Crippen molar-refractivity contribution in [3.05, 3.63) is 59.3 Å². The number of nitrogens with two attached hydrogens (primary N) is 1. The molecule has 3 unspecified atom stereocenters. The van der Waals surface area contributed by atoms with Gasteiger partial charge >= 0.3 is 5.69 Å². The molecule has 5 rings (SSSR count). The first kappa shape index (κ1) is 19.0. The zero-order chi connectivity index (χ0) is 20.5. The highest BCUT2D eigenvalue weighted by atomic mass is 32.1. The number of aryl methyl sites for hydroxylation is 1. The number of H-pyrrole nitrogens is 2. The lowest BCUT2D eigenvalue weighted by molar-refractivity contribution is 0.300. The van der Waals surface area contributed by atoms with Crippen LogP contribution in [0, 0.1) is 11.8 Å². The van der Waals surface area contributed by atoms with E-state index >= 15 is 4.39 Å². The molecule has 154 valence electrons. The Bertz CT molecular complexity index is 1140. The predicted molar refractivity (Wildman–Crippen MR) is 113 cm³/mol. The molecule has 0 aliphatic heterocycles. The molecule has 29 heavy (non-hydrogen) atoms. The van der Waals surface area contributed by atoms with Gasteiger partial charge in [0.2, 0.25) is 0 Å². The Morgan fingerprint density at radius 3 is 2.72 bits per heavy atom. The lowest BCUT2D eigenvalue weighted by Crippen LogP contribution is -2.42. The van der Waals surface area contributed by atoms with Gasteiger partial charge in [0.05, 0.1) is 11.0 Å². The first-order valence-corrected chi connectivity index (χ1v) is 11.2. The van der Waals surface area contributed by atoms with E-state index in [1.165, 1.54) is 10.4 Å². The molecule has 3 aliphatic carbocycles. The van der Waals surface area contributed by atoms with E-state index in [1.54, 1.807) is 18.3 Å². The molecule has 2 aromatic rings. The highest BCUT2D eigenvalue weighted by Crippen LogP contribution is 2.63. The van der Waals surface area contributed by atoms with Crippen LogP contribution in [-0.4, -0.2) is 16.5 Å². The van der Waals surface area contributed by atoms with Gasteiger partial charge in [-0.15, -0.1) is 11.3 Å². The SMILES string of the molecule is CC1=C(F)C(c2cc3c(s2)CCC(CN)C3)(C2CC2)C(C)c2[nH]c(=O)[nH]c(=O)c21. The Hall–Kier alpha value is -1.99. The fourth-order valence-electron chi connectivity index (χ4n) is 5.64. The highest BCUT2D eigenvalue weighted by molar-refractivity contribution is 7.12. The van der Waals surface area contributed by atoms with Crippen molar-refractivity contribution in [3.63, 3.8) is 0 Å². The number of nitrogens with one attached hydrogen (secondary N) is 2. The summed E-state index contributed by atoms with van der Waals surface area (Å²) in [6.07, 6.45) is 4.95. The summed E-state index contributed by atoms with van der Waals surface area (Å²) >= 11 is 1.72. The van der Waals surface area contributed by atoms with Gasteiger partial charge in [0.15, 0.2) is 0 Å². The third-order valence-electron chi connectivity index (χ3n) is 7.30. The van der Waals surface area contributed by atoms with Crippen molar-refractivity contribution in [2.24, 2.45) is 17.6 Å². The van der Waals surface area contributed by atoms with Crippen LogP contribution in [0.25, 0.3) is 5.57 Å². The molecule has 7 heteroatoms. The summed E-state index contributed by atoms with van der Waals surface area (Å²) in [6, 6.07) is 2.19. The largest absolute Gasteiger partial charge is 0.330 e. The molecule has 4 N–H and O–H groups in total. The first-order chi connectivity index (χ1) is 13.9. The number of rotatable bonds is 3. The Morgan fingerprint density at radius 2 is 2.03 bits per heavy atom. The maximum absolute atomic E-state index is 16.2. The minimum Gasteiger partial charge on any atom is -0.330 e. The smallest absolute Gasteiger partial charge is 0.325 e. The number of thiophene rings is 1. The number of fused-ring (bicyclic) bond motifs is 2. The normalized spacial score (nSPS) is 29.0. The second-order valence-electron chi connectivity index (χ2n) is 8.90. The number of halogens is 1. The number of hydrogen-bond acceptors (Lipinski definition) is 4. The number of aromatic nitrogens is 2. The van der Waals surface area contributed by atoms with Crippen LogP contribution in [0.5, 0.6) is 0 Å². The molecule has 3 aliphatic rings. The average molecular weight is 416 g/mol. The summed E-state index contributed by atoms with van der Waals surface area (Å²) in [5.41, 5.74) is 6.58. The molecule has 5 nitrogen and oxygen atoms in total. The standard InChI is InChI=1S/C22H26FN3O2S/c1-10-17-18(25-21(28)26-20(17)27)11(2)22(19(10)23,14-4-5-14)16-8-13-7-12(9-24)3-6-15(13)29-16/h8,11-12,14H,3-7,9,24H2,1-2H3,(H2,25,26,27,28). The molecular weight excluding hydrogens is 389 g/mol. The van der Waals surface area contributed by atoms with Gasteiger partial charge in [-0.05, 0) is 74.6 Å². The Balaban J connectivity index is 1.74. The average Bonchev–Trinajstić information content (AvgIpc) is 3.44.